The lowest BCUT2D eigenvalue weighted by molar-refractivity contribution is -0.148. The quantitative estimate of drug-likeness (QED) is 0.810. The number of carbonyl (C=O) groups excluding carboxylic acids is 1. The predicted octanol–water partition coefficient (Wildman–Crippen LogP) is 2.96. The number of nitriles is 1. The van der Waals surface area contributed by atoms with E-state index in [0.29, 0.717) is 17.5 Å². The Morgan fingerprint density at radius 1 is 1.32 bits per heavy atom. The third-order valence-corrected chi connectivity index (χ3v) is 3.85. The summed E-state index contributed by atoms with van der Waals surface area (Å²) >= 11 is 0. The van der Waals surface area contributed by atoms with Gasteiger partial charge >= 0.3 is 5.97 Å². The van der Waals surface area contributed by atoms with Crippen LogP contribution in [0.3, 0.4) is 0 Å². The van der Waals surface area contributed by atoms with Crippen molar-refractivity contribution >= 4 is 11.9 Å². The highest BCUT2D eigenvalue weighted by molar-refractivity contribution is 5.95. The van der Waals surface area contributed by atoms with Crippen LogP contribution in [0.5, 0.6) is 0 Å². The molecular formula is C17H22N2O3. The van der Waals surface area contributed by atoms with Crippen LogP contribution >= 0.6 is 0 Å². The number of rotatable bonds is 7. The van der Waals surface area contributed by atoms with E-state index in [4.69, 9.17) is 5.26 Å². The van der Waals surface area contributed by atoms with E-state index in [9.17, 15) is 14.7 Å². The zero-order chi connectivity index (χ0) is 16.8. The Morgan fingerprint density at radius 2 is 1.91 bits per heavy atom. The molecule has 1 aromatic carbocycles. The summed E-state index contributed by atoms with van der Waals surface area (Å²) < 4.78 is 0. The first-order valence-corrected chi connectivity index (χ1v) is 7.37. The number of nitrogens with one attached hydrogen (secondary N) is 1. The van der Waals surface area contributed by atoms with Crippen molar-refractivity contribution in [2.45, 2.75) is 46.1 Å². The van der Waals surface area contributed by atoms with Gasteiger partial charge in [0.25, 0.3) is 5.91 Å². The molecule has 0 radical (unpaired) electrons. The molecule has 0 aliphatic carbocycles. The van der Waals surface area contributed by atoms with E-state index >= 15 is 0 Å². The first kappa shape index (κ1) is 17.7. The first-order chi connectivity index (χ1) is 10.3. The normalized spacial score (nSPS) is 12.3. The van der Waals surface area contributed by atoms with Crippen molar-refractivity contribution in [2.24, 2.45) is 5.41 Å². The van der Waals surface area contributed by atoms with E-state index in [1.54, 1.807) is 38.1 Å². The van der Waals surface area contributed by atoms with Crippen molar-refractivity contribution in [3.8, 4) is 6.07 Å². The number of hydrogen-bond acceptors (Lipinski definition) is 3. The van der Waals surface area contributed by atoms with Crippen molar-refractivity contribution in [1.82, 2.24) is 5.32 Å². The highest BCUT2D eigenvalue weighted by Gasteiger charge is 2.37. The van der Waals surface area contributed by atoms with Crippen LogP contribution in [-0.4, -0.2) is 23.0 Å². The van der Waals surface area contributed by atoms with Gasteiger partial charge < -0.3 is 10.4 Å². The minimum atomic E-state index is -1.04. The molecule has 0 saturated heterocycles. The lowest BCUT2D eigenvalue weighted by Gasteiger charge is -2.31. The van der Waals surface area contributed by atoms with Gasteiger partial charge in [-0.25, -0.2) is 0 Å². The van der Waals surface area contributed by atoms with E-state index in [0.717, 1.165) is 12.8 Å². The van der Waals surface area contributed by atoms with Crippen LogP contribution in [0.1, 0.15) is 56.0 Å². The average Bonchev–Trinajstić information content (AvgIpc) is 2.50. The molecular weight excluding hydrogens is 280 g/mol. The highest BCUT2D eigenvalue weighted by atomic mass is 16.4. The van der Waals surface area contributed by atoms with Crippen molar-refractivity contribution in [3.05, 3.63) is 35.4 Å². The van der Waals surface area contributed by atoms with Crippen LogP contribution in [0, 0.1) is 16.7 Å². The molecule has 0 aliphatic heterocycles. The summed E-state index contributed by atoms with van der Waals surface area (Å²) in [5.74, 6) is -1.26. The summed E-state index contributed by atoms with van der Waals surface area (Å²) in [5, 5.41) is 21.0. The molecule has 1 aromatic rings. The molecule has 0 aromatic heterocycles. The van der Waals surface area contributed by atoms with Gasteiger partial charge in [-0.15, -0.1) is 0 Å². The Kier molecular flexibility index (Phi) is 6.11. The van der Waals surface area contributed by atoms with Gasteiger partial charge in [-0.1, -0.05) is 19.8 Å². The fraction of sp³-hybridized carbons (Fsp3) is 0.471. The monoisotopic (exact) mass is 302 g/mol. The lowest BCUT2D eigenvalue weighted by atomic mass is 9.81. The maximum Gasteiger partial charge on any atom is 0.311 e. The summed E-state index contributed by atoms with van der Waals surface area (Å²) in [4.78, 5) is 23.7. The smallest absolute Gasteiger partial charge is 0.311 e. The van der Waals surface area contributed by atoms with Gasteiger partial charge in [-0.3, -0.25) is 9.59 Å². The lowest BCUT2D eigenvalue weighted by Crippen LogP contribution is -2.48. The number of carbonyl (C=O) groups is 2. The second kappa shape index (κ2) is 7.60. The van der Waals surface area contributed by atoms with Crippen LogP contribution in [0.4, 0.5) is 0 Å². The predicted molar refractivity (Wildman–Crippen MR) is 83.4 cm³/mol. The van der Waals surface area contributed by atoms with Crippen LogP contribution in [0.25, 0.3) is 0 Å². The Balaban J connectivity index is 2.90. The SMILES string of the molecule is CCCC[C@@H](NC(=O)c1ccc(C#N)cc1)C(C)(C)C(=O)O. The van der Waals surface area contributed by atoms with Gasteiger partial charge in [0.2, 0.25) is 0 Å². The molecule has 2 N–H and O–H groups in total. The number of benzene rings is 1. The molecule has 5 nitrogen and oxygen atoms in total. The Hall–Kier alpha value is -2.35. The largest absolute Gasteiger partial charge is 0.481 e. The van der Waals surface area contributed by atoms with E-state index < -0.39 is 17.4 Å². The molecule has 1 amide bonds. The van der Waals surface area contributed by atoms with E-state index in [-0.39, 0.29) is 5.91 Å². The van der Waals surface area contributed by atoms with Crippen LogP contribution in [0.15, 0.2) is 24.3 Å². The summed E-state index contributed by atoms with van der Waals surface area (Å²) in [6, 6.07) is 7.81. The van der Waals surface area contributed by atoms with Crippen molar-refractivity contribution in [2.75, 3.05) is 0 Å². The number of aliphatic carboxylic acids is 1. The molecule has 0 saturated carbocycles. The van der Waals surface area contributed by atoms with E-state index in [1.807, 2.05) is 13.0 Å². The molecule has 118 valence electrons. The molecule has 0 spiro atoms. The van der Waals surface area contributed by atoms with Crippen molar-refractivity contribution < 1.29 is 14.7 Å². The minimum absolute atomic E-state index is 0.320. The second-order valence-corrected chi connectivity index (χ2v) is 5.88. The summed E-state index contributed by atoms with van der Waals surface area (Å²) in [6.07, 6.45) is 2.38. The molecule has 0 unspecified atom stereocenters. The highest BCUT2D eigenvalue weighted by Crippen LogP contribution is 2.25. The molecule has 0 bridgehead atoms. The van der Waals surface area contributed by atoms with Crippen LogP contribution < -0.4 is 5.32 Å². The van der Waals surface area contributed by atoms with Crippen LogP contribution in [-0.2, 0) is 4.79 Å². The summed E-state index contributed by atoms with van der Waals surface area (Å²) in [7, 11) is 0. The van der Waals surface area contributed by atoms with Crippen LogP contribution in [0.2, 0.25) is 0 Å². The molecule has 1 atom stereocenters. The zero-order valence-electron chi connectivity index (χ0n) is 13.2. The Bertz CT molecular complexity index is 571. The van der Waals surface area contributed by atoms with Crippen molar-refractivity contribution in [3.63, 3.8) is 0 Å². The molecule has 22 heavy (non-hydrogen) atoms. The molecule has 0 fully saturated rings. The maximum absolute atomic E-state index is 12.3. The second-order valence-electron chi connectivity index (χ2n) is 5.88. The van der Waals surface area contributed by atoms with Gasteiger partial charge in [0, 0.05) is 11.6 Å². The fourth-order valence-corrected chi connectivity index (χ4v) is 2.11. The van der Waals surface area contributed by atoms with Gasteiger partial charge in [0.05, 0.1) is 17.0 Å². The third-order valence-electron chi connectivity index (χ3n) is 3.85. The zero-order valence-corrected chi connectivity index (χ0v) is 13.2. The number of amides is 1. The number of hydrogen-bond donors (Lipinski definition) is 2. The molecule has 1 rings (SSSR count). The number of carboxylic acids is 1. The average molecular weight is 302 g/mol. The maximum atomic E-state index is 12.3. The van der Waals surface area contributed by atoms with Crippen molar-refractivity contribution in [1.29, 1.82) is 5.26 Å². The number of carboxylic acid groups (broad SMARTS) is 1. The number of unbranched alkanes of at least 4 members (excludes halogenated alkanes) is 1. The molecule has 0 aliphatic rings. The summed E-state index contributed by atoms with van der Waals surface area (Å²) in [5.41, 5.74) is -0.149. The molecule has 5 heteroatoms. The van der Waals surface area contributed by atoms with Gasteiger partial charge in [-0.2, -0.15) is 5.26 Å². The summed E-state index contributed by atoms with van der Waals surface area (Å²) in [6.45, 7) is 5.26. The van der Waals surface area contributed by atoms with Gasteiger partial charge in [0.1, 0.15) is 0 Å². The topological polar surface area (TPSA) is 90.2 Å². The molecule has 0 heterocycles. The Morgan fingerprint density at radius 3 is 2.36 bits per heavy atom. The standard InChI is InChI=1S/C17H22N2O3/c1-4-5-6-14(17(2,3)16(21)22)19-15(20)13-9-7-12(11-18)8-10-13/h7-10,14H,4-6H2,1-3H3,(H,19,20)(H,21,22)/t14-/m1/s1. The fourth-order valence-electron chi connectivity index (χ4n) is 2.11. The van der Waals surface area contributed by atoms with Gasteiger partial charge in [-0.05, 0) is 44.5 Å². The first-order valence-electron chi connectivity index (χ1n) is 7.37. The van der Waals surface area contributed by atoms with E-state index in [2.05, 4.69) is 5.32 Å². The van der Waals surface area contributed by atoms with Gasteiger partial charge in [0.15, 0.2) is 0 Å². The van der Waals surface area contributed by atoms with E-state index in [1.165, 1.54) is 0 Å². The number of nitrogens with zero attached hydrogens (tertiary/aromatic N) is 1. The Labute approximate surface area is 131 Å². The minimum Gasteiger partial charge on any atom is -0.481 e. The third kappa shape index (κ3) is 4.32.